The van der Waals surface area contributed by atoms with Crippen molar-refractivity contribution in [3.8, 4) is 5.75 Å². The van der Waals surface area contributed by atoms with E-state index in [1.165, 1.54) is 16.5 Å². The molecule has 5 rings (SSSR count). The number of hydrogen-bond acceptors (Lipinski definition) is 2. The molecule has 3 N–H and O–H groups in total. The molecule has 0 fully saturated rings. The summed E-state index contributed by atoms with van der Waals surface area (Å²) < 4.78 is 5.68. The minimum Gasteiger partial charge on any atom is -0.495 e. The van der Waals surface area contributed by atoms with Crippen molar-refractivity contribution >= 4 is 38.9 Å². The van der Waals surface area contributed by atoms with Crippen LogP contribution in [0.3, 0.4) is 0 Å². The molecule has 138 valence electrons. The molecule has 4 aromatic rings. The summed E-state index contributed by atoms with van der Waals surface area (Å²) in [6.45, 7) is 0. The Bertz CT molecular complexity index is 1240. The Hall–Kier alpha value is -3.53. The monoisotopic (exact) mass is 367 g/mol. The van der Waals surface area contributed by atoms with Gasteiger partial charge in [-0.25, -0.2) is 0 Å². The molecule has 0 aromatic heterocycles. The standard InChI is InChI=1S/C24H21N3O/c1-28-21-14-12-15-5-2-3-7-18(15)23(21)27(24(25)26)20-13-11-17-10-9-16-6-4-8-19(20)22(16)17/h2-8,11-14H,9-10H2,1H3,(H3,25,26). The lowest BCUT2D eigenvalue weighted by Gasteiger charge is -2.27. The molecule has 0 aliphatic heterocycles. The van der Waals surface area contributed by atoms with Gasteiger partial charge in [-0.05, 0) is 46.9 Å². The van der Waals surface area contributed by atoms with Crippen LogP contribution in [-0.2, 0) is 12.8 Å². The Kier molecular flexibility index (Phi) is 3.72. The van der Waals surface area contributed by atoms with Crippen LogP contribution in [0.1, 0.15) is 11.1 Å². The molecular formula is C24H21N3O. The van der Waals surface area contributed by atoms with E-state index in [0.717, 1.165) is 40.4 Å². The van der Waals surface area contributed by atoms with Crippen LogP contribution in [0.25, 0.3) is 21.5 Å². The molecule has 4 heteroatoms. The Morgan fingerprint density at radius 3 is 2.43 bits per heavy atom. The summed E-state index contributed by atoms with van der Waals surface area (Å²) in [6, 6.07) is 22.7. The zero-order valence-electron chi connectivity index (χ0n) is 15.7. The summed E-state index contributed by atoms with van der Waals surface area (Å²) in [6.07, 6.45) is 2.13. The van der Waals surface area contributed by atoms with Gasteiger partial charge in [0.15, 0.2) is 5.96 Å². The summed E-state index contributed by atoms with van der Waals surface area (Å²) in [5.41, 5.74) is 10.6. The average molecular weight is 367 g/mol. The van der Waals surface area contributed by atoms with Crippen molar-refractivity contribution in [3.63, 3.8) is 0 Å². The molecule has 4 nitrogen and oxygen atoms in total. The van der Waals surface area contributed by atoms with Crippen LogP contribution in [0.15, 0.2) is 66.7 Å². The third kappa shape index (κ3) is 2.34. The number of hydrogen-bond donors (Lipinski definition) is 2. The number of rotatable bonds is 3. The third-order valence-electron chi connectivity index (χ3n) is 5.64. The fraction of sp³-hybridized carbons (Fsp3) is 0.125. The van der Waals surface area contributed by atoms with Gasteiger partial charge in [0.05, 0.1) is 18.5 Å². The molecule has 28 heavy (non-hydrogen) atoms. The van der Waals surface area contributed by atoms with Crippen LogP contribution in [0.2, 0.25) is 0 Å². The molecule has 0 saturated carbocycles. The number of aryl methyl sites for hydroxylation is 2. The van der Waals surface area contributed by atoms with E-state index in [4.69, 9.17) is 15.9 Å². The van der Waals surface area contributed by atoms with Gasteiger partial charge in [0.1, 0.15) is 5.75 Å². The quantitative estimate of drug-likeness (QED) is 0.390. The molecule has 0 amide bonds. The van der Waals surface area contributed by atoms with Gasteiger partial charge in [0.2, 0.25) is 0 Å². The summed E-state index contributed by atoms with van der Waals surface area (Å²) in [5.74, 6) is 0.658. The number of anilines is 2. The van der Waals surface area contributed by atoms with Gasteiger partial charge in [-0.1, -0.05) is 54.6 Å². The van der Waals surface area contributed by atoms with Gasteiger partial charge in [-0.2, -0.15) is 0 Å². The van der Waals surface area contributed by atoms with Gasteiger partial charge in [-0.3, -0.25) is 10.3 Å². The minimum atomic E-state index is -0.0339. The van der Waals surface area contributed by atoms with E-state index in [9.17, 15) is 0 Å². The summed E-state index contributed by atoms with van der Waals surface area (Å²) in [7, 11) is 1.65. The first-order valence-electron chi connectivity index (χ1n) is 9.42. The number of nitrogens with one attached hydrogen (secondary N) is 1. The number of nitrogens with two attached hydrogens (primary N) is 1. The molecule has 0 bridgehead atoms. The van der Waals surface area contributed by atoms with Gasteiger partial charge in [-0.15, -0.1) is 0 Å². The number of fused-ring (bicyclic) bond motifs is 1. The molecule has 0 radical (unpaired) electrons. The van der Waals surface area contributed by atoms with Crippen LogP contribution in [0, 0.1) is 5.41 Å². The maximum atomic E-state index is 8.42. The van der Waals surface area contributed by atoms with Crippen LogP contribution in [-0.4, -0.2) is 13.1 Å². The van der Waals surface area contributed by atoms with Crippen LogP contribution in [0.5, 0.6) is 5.75 Å². The van der Waals surface area contributed by atoms with Crippen LogP contribution >= 0.6 is 0 Å². The van der Waals surface area contributed by atoms with Crippen LogP contribution < -0.4 is 15.4 Å². The molecule has 0 unspecified atom stereocenters. The largest absolute Gasteiger partial charge is 0.495 e. The SMILES string of the molecule is COc1ccc2ccccc2c1N(C(=N)N)c1ccc2c3c(cccc13)CC2. The molecular weight excluding hydrogens is 346 g/mol. The first-order valence-corrected chi connectivity index (χ1v) is 9.42. The van der Waals surface area contributed by atoms with Crippen molar-refractivity contribution in [1.82, 2.24) is 0 Å². The molecule has 1 aliphatic rings. The topological polar surface area (TPSA) is 62.3 Å². The molecule has 1 aliphatic carbocycles. The van der Waals surface area contributed by atoms with E-state index < -0.39 is 0 Å². The second-order valence-electron chi connectivity index (χ2n) is 7.14. The highest BCUT2D eigenvalue weighted by Crippen LogP contribution is 2.44. The maximum absolute atomic E-state index is 8.42. The Morgan fingerprint density at radius 2 is 1.64 bits per heavy atom. The van der Waals surface area contributed by atoms with E-state index in [1.807, 2.05) is 35.2 Å². The van der Waals surface area contributed by atoms with Gasteiger partial charge in [0.25, 0.3) is 0 Å². The highest BCUT2D eigenvalue weighted by Gasteiger charge is 2.24. The lowest BCUT2D eigenvalue weighted by molar-refractivity contribution is 0.416. The number of nitrogens with zero attached hydrogens (tertiary/aromatic N) is 1. The second kappa shape index (κ2) is 6.27. The lowest BCUT2D eigenvalue weighted by atomic mass is 10.0. The first-order chi connectivity index (χ1) is 13.7. The van der Waals surface area contributed by atoms with E-state index >= 15 is 0 Å². The smallest absolute Gasteiger partial charge is 0.197 e. The van der Waals surface area contributed by atoms with Gasteiger partial charge >= 0.3 is 0 Å². The third-order valence-corrected chi connectivity index (χ3v) is 5.64. The molecule has 0 spiro atoms. The summed E-state index contributed by atoms with van der Waals surface area (Å²) in [5, 5.41) is 12.9. The van der Waals surface area contributed by atoms with Gasteiger partial charge < -0.3 is 10.5 Å². The first kappa shape index (κ1) is 16.6. The summed E-state index contributed by atoms with van der Waals surface area (Å²) >= 11 is 0. The number of ether oxygens (including phenoxy) is 1. The zero-order valence-corrected chi connectivity index (χ0v) is 15.7. The van der Waals surface area contributed by atoms with Crippen molar-refractivity contribution in [2.24, 2.45) is 5.73 Å². The van der Waals surface area contributed by atoms with Crippen LogP contribution in [0.4, 0.5) is 11.4 Å². The Morgan fingerprint density at radius 1 is 0.893 bits per heavy atom. The highest BCUT2D eigenvalue weighted by molar-refractivity contribution is 6.15. The predicted octanol–water partition coefficient (Wildman–Crippen LogP) is 5.13. The minimum absolute atomic E-state index is 0.0339. The number of benzene rings is 4. The zero-order chi connectivity index (χ0) is 19.3. The fourth-order valence-corrected chi connectivity index (χ4v) is 4.43. The van der Waals surface area contributed by atoms with E-state index in [2.05, 4.69) is 36.4 Å². The van der Waals surface area contributed by atoms with Crippen molar-refractivity contribution in [2.45, 2.75) is 12.8 Å². The van der Waals surface area contributed by atoms with E-state index in [-0.39, 0.29) is 5.96 Å². The molecule has 4 aromatic carbocycles. The van der Waals surface area contributed by atoms with Crippen molar-refractivity contribution in [1.29, 1.82) is 5.41 Å². The van der Waals surface area contributed by atoms with Gasteiger partial charge in [0, 0.05) is 10.8 Å². The highest BCUT2D eigenvalue weighted by atomic mass is 16.5. The molecule has 0 heterocycles. The number of methoxy groups -OCH3 is 1. The maximum Gasteiger partial charge on any atom is 0.197 e. The summed E-state index contributed by atoms with van der Waals surface area (Å²) in [4.78, 5) is 1.81. The van der Waals surface area contributed by atoms with Crippen molar-refractivity contribution < 1.29 is 4.74 Å². The van der Waals surface area contributed by atoms with E-state index in [1.54, 1.807) is 7.11 Å². The second-order valence-corrected chi connectivity index (χ2v) is 7.14. The fourth-order valence-electron chi connectivity index (χ4n) is 4.43. The molecule has 0 saturated heterocycles. The Labute approximate surface area is 163 Å². The Balaban J connectivity index is 1.86. The van der Waals surface area contributed by atoms with Crippen molar-refractivity contribution in [3.05, 3.63) is 77.9 Å². The normalized spacial score (nSPS) is 12.5. The predicted molar refractivity (Wildman–Crippen MR) is 116 cm³/mol. The lowest BCUT2D eigenvalue weighted by Crippen LogP contribution is -2.33. The number of guanidine groups is 1. The molecule has 0 atom stereocenters. The average Bonchev–Trinajstić information content (AvgIpc) is 3.14. The van der Waals surface area contributed by atoms with Crippen molar-refractivity contribution in [2.75, 3.05) is 12.0 Å². The van der Waals surface area contributed by atoms with E-state index in [0.29, 0.717) is 5.75 Å².